The molecule has 0 aliphatic rings. The second-order valence-electron chi connectivity index (χ2n) is 5.23. The van der Waals surface area contributed by atoms with Gasteiger partial charge in [-0.2, -0.15) is 0 Å². The Balaban J connectivity index is 2.35. The number of hydrogen-bond donors (Lipinski definition) is 1. The van der Waals surface area contributed by atoms with Crippen molar-refractivity contribution in [3.63, 3.8) is 0 Å². The first-order valence-electron chi connectivity index (χ1n) is 7.31. The predicted molar refractivity (Wildman–Crippen MR) is 83.3 cm³/mol. The van der Waals surface area contributed by atoms with Gasteiger partial charge in [0.25, 0.3) is 0 Å². The Morgan fingerprint density at radius 1 is 0.895 bits per heavy atom. The molecular weight excluding hydrogens is 234 g/mol. The lowest BCUT2D eigenvalue weighted by molar-refractivity contribution is 0.258. The molecular formula is C16H29N3. The molecule has 108 valence electrons. The highest BCUT2D eigenvalue weighted by atomic mass is 15.2. The van der Waals surface area contributed by atoms with Gasteiger partial charge in [0.1, 0.15) is 0 Å². The van der Waals surface area contributed by atoms with Crippen molar-refractivity contribution in [2.75, 3.05) is 40.3 Å². The third kappa shape index (κ3) is 6.71. The standard InChI is InChI=1S/C16H29N3/c1-5-17-13-15-7-9-16(10-8-15)14-19(4)12-11-18(3)6-2/h7-10,17H,5-6,11-14H2,1-4H3. The van der Waals surface area contributed by atoms with Crippen LogP contribution in [0.4, 0.5) is 0 Å². The molecule has 1 N–H and O–H groups in total. The molecule has 0 bridgehead atoms. The number of hydrogen-bond acceptors (Lipinski definition) is 3. The van der Waals surface area contributed by atoms with E-state index in [-0.39, 0.29) is 0 Å². The van der Waals surface area contributed by atoms with E-state index in [2.05, 4.69) is 67.3 Å². The number of nitrogens with one attached hydrogen (secondary N) is 1. The fourth-order valence-electron chi connectivity index (χ4n) is 1.92. The first-order chi connectivity index (χ1) is 9.15. The molecule has 0 unspecified atom stereocenters. The highest BCUT2D eigenvalue weighted by molar-refractivity contribution is 5.22. The minimum absolute atomic E-state index is 0.966. The van der Waals surface area contributed by atoms with E-state index in [1.165, 1.54) is 11.1 Å². The number of benzene rings is 1. The molecule has 0 spiro atoms. The van der Waals surface area contributed by atoms with Gasteiger partial charge < -0.3 is 15.1 Å². The molecule has 1 aromatic rings. The average Bonchev–Trinajstić information content (AvgIpc) is 2.44. The molecule has 1 aromatic carbocycles. The van der Waals surface area contributed by atoms with Crippen LogP contribution in [0.25, 0.3) is 0 Å². The van der Waals surface area contributed by atoms with Crippen LogP contribution in [0.5, 0.6) is 0 Å². The zero-order valence-corrected chi connectivity index (χ0v) is 12.9. The topological polar surface area (TPSA) is 18.5 Å². The third-order valence-corrected chi connectivity index (χ3v) is 3.46. The van der Waals surface area contributed by atoms with Crippen LogP contribution in [0, 0.1) is 0 Å². The van der Waals surface area contributed by atoms with Crippen molar-refractivity contribution in [2.45, 2.75) is 26.9 Å². The third-order valence-electron chi connectivity index (χ3n) is 3.46. The van der Waals surface area contributed by atoms with Crippen LogP contribution in [0.1, 0.15) is 25.0 Å². The molecule has 0 fully saturated rings. The maximum Gasteiger partial charge on any atom is 0.0231 e. The predicted octanol–water partition coefficient (Wildman–Crippen LogP) is 2.18. The van der Waals surface area contributed by atoms with E-state index in [1.54, 1.807) is 0 Å². The van der Waals surface area contributed by atoms with E-state index in [4.69, 9.17) is 0 Å². The Morgan fingerprint density at radius 2 is 1.47 bits per heavy atom. The van der Waals surface area contributed by atoms with E-state index < -0.39 is 0 Å². The number of likely N-dealkylation sites (N-methyl/N-ethyl adjacent to an activating group) is 2. The highest BCUT2D eigenvalue weighted by Crippen LogP contribution is 2.06. The second kappa shape index (κ2) is 9.08. The molecule has 0 saturated heterocycles. The largest absolute Gasteiger partial charge is 0.313 e. The van der Waals surface area contributed by atoms with Gasteiger partial charge in [-0.05, 0) is 38.3 Å². The lowest BCUT2D eigenvalue weighted by Crippen LogP contribution is -2.30. The summed E-state index contributed by atoms with van der Waals surface area (Å²) in [6, 6.07) is 8.94. The van der Waals surface area contributed by atoms with Crippen LogP contribution in [0.3, 0.4) is 0 Å². The van der Waals surface area contributed by atoms with Gasteiger partial charge in [0.15, 0.2) is 0 Å². The van der Waals surface area contributed by atoms with E-state index in [0.29, 0.717) is 0 Å². The Morgan fingerprint density at radius 3 is 2.05 bits per heavy atom. The lowest BCUT2D eigenvalue weighted by atomic mass is 10.1. The summed E-state index contributed by atoms with van der Waals surface area (Å²) in [4.78, 5) is 4.72. The molecule has 0 aliphatic carbocycles. The first-order valence-corrected chi connectivity index (χ1v) is 7.31. The summed E-state index contributed by atoms with van der Waals surface area (Å²) in [6.07, 6.45) is 0. The van der Waals surface area contributed by atoms with Crippen molar-refractivity contribution in [3.8, 4) is 0 Å². The smallest absolute Gasteiger partial charge is 0.0231 e. The zero-order valence-electron chi connectivity index (χ0n) is 12.9. The van der Waals surface area contributed by atoms with Crippen LogP contribution in [0.2, 0.25) is 0 Å². The number of nitrogens with zero attached hydrogens (tertiary/aromatic N) is 2. The molecule has 3 heteroatoms. The zero-order chi connectivity index (χ0) is 14.1. The summed E-state index contributed by atoms with van der Waals surface area (Å²) in [5.74, 6) is 0. The van der Waals surface area contributed by atoms with Crippen LogP contribution in [-0.2, 0) is 13.1 Å². The van der Waals surface area contributed by atoms with Crippen LogP contribution < -0.4 is 5.32 Å². The van der Waals surface area contributed by atoms with Crippen molar-refractivity contribution in [2.24, 2.45) is 0 Å². The molecule has 0 heterocycles. The van der Waals surface area contributed by atoms with Crippen molar-refractivity contribution in [3.05, 3.63) is 35.4 Å². The van der Waals surface area contributed by atoms with Crippen molar-refractivity contribution < 1.29 is 0 Å². The average molecular weight is 263 g/mol. The van der Waals surface area contributed by atoms with Crippen molar-refractivity contribution >= 4 is 0 Å². The van der Waals surface area contributed by atoms with Crippen LogP contribution in [-0.4, -0.2) is 50.1 Å². The summed E-state index contributed by atoms with van der Waals surface area (Å²) in [7, 11) is 4.36. The molecule has 0 aliphatic heterocycles. The van der Waals surface area contributed by atoms with Gasteiger partial charge in [-0.25, -0.2) is 0 Å². The lowest BCUT2D eigenvalue weighted by Gasteiger charge is -2.21. The van der Waals surface area contributed by atoms with Gasteiger partial charge in [0.05, 0.1) is 0 Å². The van der Waals surface area contributed by atoms with Crippen LogP contribution >= 0.6 is 0 Å². The molecule has 19 heavy (non-hydrogen) atoms. The van der Waals surface area contributed by atoms with E-state index >= 15 is 0 Å². The Bertz CT molecular complexity index is 334. The van der Waals surface area contributed by atoms with E-state index in [0.717, 1.165) is 39.3 Å². The van der Waals surface area contributed by atoms with E-state index in [1.807, 2.05) is 0 Å². The molecule has 0 amide bonds. The fraction of sp³-hybridized carbons (Fsp3) is 0.625. The summed E-state index contributed by atoms with van der Waals surface area (Å²) in [5, 5.41) is 3.35. The van der Waals surface area contributed by atoms with Gasteiger partial charge in [0.2, 0.25) is 0 Å². The van der Waals surface area contributed by atoms with Gasteiger partial charge in [-0.15, -0.1) is 0 Å². The van der Waals surface area contributed by atoms with Gasteiger partial charge in [0, 0.05) is 26.2 Å². The molecule has 0 saturated carbocycles. The Kier molecular flexibility index (Phi) is 7.72. The molecule has 0 radical (unpaired) electrons. The van der Waals surface area contributed by atoms with E-state index in [9.17, 15) is 0 Å². The van der Waals surface area contributed by atoms with Gasteiger partial charge in [-0.1, -0.05) is 38.1 Å². The minimum atomic E-state index is 0.966. The molecule has 3 nitrogen and oxygen atoms in total. The van der Waals surface area contributed by atoms with Crippen molar-refractivity contribution in [1.82, 2.24) is 15.1 Å². The maximum atomic E-state index is 3.35. The summed E-state index contributed by atoms with van der Waals surface area (Å²) in [5.41, 5.74) is 2.75. The fourth-order valence-corrected chi connectivity index (χ4v) is 1.92. The summed E-state index contributed by atoms with van der Waals surface area (Å²) >= 11 is 0. The highest BCUT2D eigenvalue weighted by Gasteiger charge is 2.02. The monoisotopic (exact) mass is 263 g/mol. The summed E-state index contributed by atoms with van der Waals surface area (Å²) in [6.45, 7) is 10.7. The summed E-state index contributed by atoms with van der Waals surface area (Å²) < 4.78 is 0. The SMILES string of the molecule is CCNCc1ccc(CN(C)CCN(C)CC)cc1. The minimum Gasteiger partial charge on any atom is -0.313 e. The van der Waals surface area contributed by atoms with Gasteiger partial charge >= 0.3 is 0 Å². The normalized spacial score (nSPS) is 11.5. The Hall–Kier alpha value is -0.900. The van der Waals surface area contributed by atoms with Crippen molar-refractivity contribution in [1.29, 1.82) is 0 Å². The quantitative estimate of drug-likeness (QED) is 0.737. The number of rotatable bonds is 9. The van der Waals surface area contributed by atoms with Crippen LogP contribution in [0.15, 0.2) is 24.3 Å². The second-order valence-corrected chi connectivity index (χ2v) is 5.23. The molecule has 0 atom stereocenters. The maximum absolute atomic E-state index is 3.35. The first kappa shape index (κ1) is 16.2. The Labute approximate surface area is 118 Å². The molecule has 1 rings (SSSR count). The molecule has 0 aromatic heterocycles. The van der Waals surface area contributed by atoms with Gasteiger partial charge in [-0.3, -0.25) is 0 Å².